The zero-order chi connectivity index (χ0) is 23.4. The van der Waals surface area contributed by atoms with Gasteiger partial charge in [0.25, 0.3) is 5.91 Å². The number of rotatable bonds is 7. The fourth-order valence-corrected chi connectivity index (χ4v) is 3.75. The zero-order valence-electron chi connectivity index (χ0n) is 19.1. The highest BCUT2D eigenvalue weighted by atomic mass is 16.5. The molecule has 0 aliphatic rings. The maximum Gasteiger partial charge on any atom is 0.252 e. The molecule has 4 rings (SSSR count). The van der Waals surface area contributed by atoms with Crippen molar-refractivity contribution in [1.29, 1.82) is 0 Å². The smallest absolute Gasteiger partial charge is 0.252 e. The van der Waals surface area contributed by atoms with Crippen molar-refractivity contribution in [1.82, 2.24) is 15.3 Å². The first-order valence-corrected chi connectivity index (χ1v) is 10.5. The molecule has 0 bridgehead atoms. The predicted molar refractivity (Wildman–Crippen MR) is 130 cm³/mol. The van der Waals surface area contributed by atoms with Crippen LogP contribution in [0.25, 0.3) is 22.2 Å². The minimum atomic E-state index is -0.177. The quantitative estimate of drug-likeness (QED) is 0.460. The number of nitrogens with zero attached hydrogens (tertiary/aromatic N) is 3. The molecule has 2 aromatic carbocycles. The number of anilines is 1. The van der Waals surface area contributed by atoms with Gasteiger partial charge in [-0.3, -0.25) is 4.79 Å². The van der Waals surface area contributed by atoms with Gasteiger partial charge in [0.2, 0.25) is 0 Å². The first-order chi connectivity index (χ1) is 16.0. The molecule has 0 fully saturated rings. The molecule has 1 amide bonds. The summed E-state index contributed by atoms with van der Waals surface area (Å²) in [6.07, 6.45) is 1.74. The highest BCUT2D eigenvalue weighted by Crippen LogP contribution is 2.33. The van der Waals surface area contributed by atoms with Crippen molar-refractivity contribution in [3.05, 3.63) is 78.0 Å². The number of fused-ring (bicyclic) bond motifs is 1. The first kappa shape index (κ1) is 22.1. The molecule has 0 aliphatic carbocycles. The number of aromatic nitrogens is 2. The number of methoxy groups -OCH3 is 2. The van der Waals surface area contributed by atoms with Crippen LogP contribution in [-0.4, -0.2) is 44.2 Å². The summed E-state index contributed by atoms with van der Waals surface area (Å²) in [6, 6.07) is 18.9. The number of para-hydroxylation sites is 1. The van der Waals surface area contributed by atoms with Crippen LogP contribution in [0.5, 0.6) is 11.5 Å². The van der Waals surface area contributed by atoms with Crippen molar-refractivity contribution in [2.24, 2.45) is 0 Å². The normalized spacial score (nSPS) is 10.7. The van der Waals surface area contributed by atoms with Gasteiger partial charge >= 0.3 is 0 Å². The minimum absolute atomic E-state index is 0.177. The second-order valence-corrected chi connectivity index (χ2v) is 7.71. The lowest BCUT2D eigenvalue weighted by Gasteiger charge is -2.16. The summed E-state index contributed by atoms with van der Waals surface area (Å²) in [5.74, 6) is 1.88. The van der Waals surface area contributed by atoms with Crippen LogP contribution in [0.3, 0.4) is 0 Å². The monoisotopic (exact) mass is 442 g/mol. The van der Waals surface area contributed by atoms with Gasteiger partial charge in [-0.25, -0.2) is 9.97 Å². The van der Waals surface area contributed by atoms with E-state index in [1.165, 1.54) is 0 Å². The van der Waals surface area contributed by atoms with Crippen LogP contribution in [-0.2, 0) is 6.54 Å². The Labute approximate surface area is 193 Å². The summed E-state index contributed by atoms with van der Waals surface area (Å²) in [7, 11) is 7.05. The van der Waals surface area contributed by atoms with Gasteiger partial charge in [0.15, 0.2) is 11.5 Å². The molecule has 0 atom stereocenters. The van der Waals surface area contributed by atoms with Gasteiger partial charge < -0.3 is 19.7 Å². The molecule has 0 unspecified atom stereocenters. The number of pyridine rings is 2. The largest absolute Gasteiger partial charge is 0.493 e. The van der Waals surface area contributed by atoms with E-state index in [0.717, 1.165) is 27.8 Å². The van der Waals surface area contributed by atoms with Gasteiger partial charge in [-0.2, -0.15) is 0 Å². The summed E-state index contributed by atoms with van der Waals surface area (Å²) in [4.78, 5) is 24.4. The predicted octanol–water partition coefficient (Wildman–Crippen LogP) is 4.31. The molecular weight excluding hydrogens is 416 g/mol. The van der Waals surface area contributed by atoms with Crippen LogP contribution in [0.15, 0.2) is 66.9 Å². The van der Waals surface area contributed by atoms with Gasteiger partial charge in [-0.05, 0) is 36.4 Å². The zero-order valence-corrected chi connectivity index (χ0v) is 19.1. The Morgan fingerprint density at radius 3 is 2.52 bits per heavy atom. The molecule has 168 valence electrons. The Morgan fingerprint density at radius 2 is 1.76 bits per heavy atom. The number of ether oxygens (including phenoxy) is 2. The van der Waals surface area contributed by atoms with Crippen molar-refractivity contribution in [2.75, 3.05) is 33.2 Å². The van der Waals surface area contributed by atoms with E-state index in [1.54, 1.807) is 20.4 Å². The third-order valence-corrected chi connectivity index (χ3v) is 5.37. The Bertz CT molecular complexity index is 1300. The molecule has 0 spiro atoms. The van der Waals surface area contributed by atoms with Gasteiger partial charge in [0.05, 0.1) is 31.0 Å². The molecule has 2 heterocycles. The standard InChI is InChI=1S/C26H26N4O3/c1-30(2)25-18(8-7-13-27-25)16-28-26(31)20-15-22(29-21-10-6-5-9-19(20)21)17-11-12-23(32-3)24(14-17)33-4/h5-15H,16H2,1-4H3,(H,28,31). The third kappa shape index (κ3) is 4.57. The highest BCUT2D eigenvalue weighted by molar-refractivity contribution is 6.07. The average molecular weight is 443 g/mol. The van der Waals surface area contributed by atoms with Crippen molar-refractivity contribution in [3.63, 3.8) is 0 Å². The van der Waals surface area contributed by atoms with E-state index in [2.05, 4.69) is 10.3 Å². The van der Waals surface area contributed by atoms with Crippen LogP contribution >= 0.6 is 0 Å². The second kappa shape index (κ2) is 9.56. The lowest BCUT2D eigenvalue weighted by atomic mass is 10.0. The Hall–Kier alpha value is -4.13. The molecule has 0 radical (unpaired) electrons. The second-order valence-electron chi connectivity index (χ2n) is 7.71. The van der Waals surface area contributed by atoms with Crippen LogP contribution < -0.4 is 19.7 Å². The van der Waals surface area contributed by atoms with Crippen molar-refractivity contribution in [2.45, 2.75) is 6.54 Å². The number of carbonyl (C=O) groups excluding carboxylic acids is 1. The molecule has 2 aromatic heterocycles. The van der Waals surface area contributed by atoms with Crippen LogP contribution in [0.2, 0.25) is 0 Å². The summed E-state index contributed by atoms with van der Waals surface area (Å²) >= 11 is 0. The summed E-state index contributed by atoms with van der Waals surface area (Å²) in [5, 5.41) is 3.83. The summed E-state index contributed by atoms with van der Waals surface area (Å²) in [5.41, 5.74) is 3.74. The molecule has 33 heavy (non-hydrogen) atoms. The van der Waals surface area contributed by atoms with E-state index >= 15 is 0 Å². The van der Waals surface area contributed by atoms with E-state index in [-0.39, 0.29) is 5.91 Å². The molecular formula is C26H26N4O3. The SMILES string of the molecule is COc1ccc(-c2cc(C(=O)NCc3cccnc3N(C)C)c3ccccc3n2)cc1OC. The number of nitrogens with one attached hydrogen (secondary N) is 1. The van der Waals surface area contributed by atoms with Crippen LogP contribution in [0.4, 0.5) is 5.82 Å². The Balaban J connectivity index is 1.71. The third-order valence-electron chi connectivity index (χ3n) is 5.37. The van der Waals surface area contributed by atoms with E-state index in [4.69, 9.17) is 14.5 Å². The Kier molecular flexibility index (Phi) is 6.40. The van der Waals surface area contributed by atoms with Crippen LogP contribution in [0.1, 0.15) is 15.9 Å². The van der Waals surface area contributed by atoms with Gasteiger partial charge in [-0.15, -0.1) is 0 Å². The fraction of sp³-hybridized carbons (Fsp3) is 0.192. The van der Waals surface area contributed by atoms with E-state index in [9.17, 15) is 4.79 Å². The van der Waals surface area contributed by atoms with Gasteiger partial charge in [-0.1, -0.05) is 24.3 Å². The summed E-state index contributed by atoms with van der Waals surface area (Å²) in [6.45, 7) is 0.364. The average Bonchev–Trinajstić information content (AvgIpc) is 2.86. The maximum atomic E-state index is 13.3. The molecule has 7 nitrogen and oxygen atoms in total. The first-order valence-electron chi connectivity index (χ1n) is 10.5. The minimum Gasteiger partial charge on any atom is -0.493 e. The Morgan fingerprint density at radius 1 is 0.970 bits per heavy atom. The van der Waals surface area contributed by atoms with Gasteiger partial charge in [0, 0.05) is 43.4 Å². The van der Waals surface area contributed by atoms with Crippen LogP contribution in [0, 0.1) is 0 Å². The molecule has 0 aliphatic heterocycles. The molecule has 0 saturated carbocycles. The van der Waals surface area contributed by atoms with Gasteiger partial charge in [0.1, 0.15) is 5.82 Å². The van der Waals surface area contributed by atoms with E-state index in [1.807, 2.05) is 79.7 Å². The number of amides is 1. The number of carbonyl (C=O) groups is 1. The lowest BCUT2D eigenvalue weighted by molar-refractivity contribution is 0.0952. The lowest BCUT2D eigenvalue weighted by Crippen LogP contribution is -2.25. The number of hydrogen-bond acceptors (Lipinski definition) is 6. The van der Waals surface area contributed by atoms with Crippen molar-refractivity contribution in [3.8, 4) is 22.8 Å². The van der Waals surface area contributed by atoms with Crippen molar-refractivity contribution < 1.29 is 14.3 Å². The molecule has 1 N–H and O–H groups in total. The molecule has 7 heteroatoms. The molecule has 4 aromatic rings. The number of benzene rings is 2. The topological polar surface area (TPSA) is 76.6 Å². The fourth-order valence-electron chi connectivity index (χ4n) is 3.75. The van der Waals surface area contributed by atoms with E-state index in [0.29, 0.717) is 29.3 Å². The van der Waals surface area contributed by atoms with Crippen molar-refractivity contribution >= 4 is 22.6 Å². The number of hydrogen-bond donors (Lipinski definition) is 1. The summed E-state index contributed by atoms with van der Waals surface area (Å²) < 4.78 is 10.8. The maximum absolute atomic E-state index is 13.3. The highest BCUT2D eigenvalue weighted by Gasteiger charge is 2.16. The van der Waals surface area contributed by atoms with E-state index < -0.39 is 0 Å². The molecule has 0 saturated heterocycles.